The molecule has 0 aliphatic rings. The molecule has 0 unspecified atom stereocenters. The first-order valence-electron chi connectivity index (χ1n) is 10.8. The van der Waals surface area contributed by atoms with Gasteiger partial charge in [0.15, 0.2) is 0 Å². The molecule has 1 amide bonds. The van der Waals surface area contributed by atoms with Crippen LogP contribution in [0.3, 0.4) is 0 Å². The molecule has 0 bridgehead atoms. The zero-order valence-electron chi connectivity index (χ0n) is 19.1. The third-order valence-corrected chi connectivity index (χ3v) is 5.94. The second-order valence-electron chi connectivity index (χ2n) is 7.86. The molecule has 0 radical (unpaired) electrons. The molecule has 34 heavy (non-hydrogen) atoms. The Bertz CT molecular complexity index is 1070. The smallest absolute Gasteiger partial charge is 0.383 e. The van der Waals surface area contributed by atoms with Crippen LogP contribution < -0.4 is 10.2 Å². The van der Waals surface area contributed by atoms with Crippen molar-refractivity contribution in [1.29, 1.82) is 0 Å². The highest BCUT2D eigenvalue weighted by molar-refractivity contribution is 7.09. The summed E-state index contributed by atoms with van der Waals surface area (Å²) in [6, 6.07) is 13.1. The molecule has 6 nitrogen and oxygen atoms in total. The first-order chi connectivity index (χ1) is 16.2. The maximum atomic E-state index is 12.9. The van der Waals surface area contributed by atoms with Crippen molar-refractivity contribution in [2.75, 3.05) is 31.7 Å². The maximum absolute atomic E-state index is 12.9. The fraction of sp³-hybridized carbons (Fsp3) is 0.375. The number of ether oxygens (including phenoxy) is 1. The van der Waals surface area contributed by atoms with Gasteiger partial charge in [0.25, 0.3) is 0 Å². The minimum absolute atomic E-state index is 0.0281. The minimum atomic E-state index is -4.41. The van der Waals surface area contributed by atoms with E-state index in [-0.39, 0.29) is 18.9 Å². The Kier molecular flexibility index (Phi) is 9.00. The number of amides is 1. The highest BCUT2D eigenvalue weighted by Gasteiger charge is 2.30. The van der Waals surface area contributed by atoms with Crippen molar-refractivity contribution in [3.05, 3.63) is 76.6 Å². The molecule has 1 heterocycles. The van der Waals surface area contributed by atoms with Gasteiger partial charge in [0.1, 0.15) is 5.82 Å². The average Bonchev–Trinajstić information content (AvgIpc) is 3.27. The number of nitrogens with one attached hydrogen (secondary N) is 1. The van der Waals surface area contributed by atoms with E-state index < -0.39 is 11.7 Å². The van der Waals surface area contributed by atoms with Gasteiger partial charge in [-0.25, -0.2) is 4.98 Å². The van der Waals surface area contributed by atoms with Crippen LogP contribution in [0.15, 0.2) is 48.5 Å². The van der Waals surface area contributed by atoms with E-state index in [9.17, 15) is 18.0 Å². The molecular formula is C24H27F3N4O2S. The molecule has 182 valence electrons. The number of hydrogen-bond donors (Lipinski definition) is 1. The summed E-state index contributed by atoms with van der Waals surface area (Å²) in [5.41, 5.74) is 1.96. The van der Waals surface area contributed by atoms with E-state index in [2.05, 4.69) is 14.7 Å². The molecule has 0 fully saturated rings. The molecular weight excluding hydrogens is 465 g/mol. The second kappa shape index (κ2) is 11.9. The number of benzene rings is 2. The van der Waals surface area contributed by atoms with Gasteiger partial charge in [-0.3, -0.25) is 4.79 Å². The fourth-order valence-corrected chi connectivity index (χ4v) is 3.96. The Morgan fingerprint density at radius 2 is 1.88 bits per heavy atom. The number of rotatable bonds is 11. The first kappa shape index (κ1) is 25.6. The number of carbonyl (C=O) groups excluding carboxylic acids is 1. The van der Waals surface area contributed by atoms with E-state index in [1.165, 1.54) is 23.2 Å². The van der Waals surface area contributed by atoms with E-state index in [1.807, 2.05) is 36.1 Å². The van der Waals surface area contributed by atoms with Gasteiger partial charge >= 0.3 is 6.18 Å². The molecule has 3 rings (SSSR count). The van der Waals surface area contributed by atoms with Crippen molar-refractivity contribution in [2.24, 2.45) is 0 Å². The van der Waals surface area contributed by atoms with Crippen LogP contribution in [0.1, 0.15) is 34.5 Å². The van der Waals surface area contributed by atoms with Crippen LogP contribution in [0.2, 0.25) is 0 Å². The SMILES string of the molecule is COCCN(CCC(=O)NCc1cccc(C(F)(F)F)c1)c1nc(Cc2ccc(C)cc2)ns1. The van der Waals surface area contributed by atoms with Crippen molar-refractivity contribution in [2.45, 2.75) is 32.5 Å². The van der Waals surface area contributed by atoms with Gasteiger partial charge in [0, 0.05) is 51.1 Å². The Morgan fingerprint density at radius 3 is 2.59 bits per heavy atom. The van der Waals surface area contributed by atoms with Crippen LogP contribution in [0.5, 0.6) is 0 Å². The topological polar surface area (TPSA) is 67.3 Å². The normalized spacial score (nSPS) is 11.4. The first-order valence-corrected chi connectivity index (χ1v) is 11.6. The van der Waals surface area contributed by atoms with Crippen LogP contribution in [-0.2, 0) is 28.7 Å². The van der Waals surface area contributed by atoms with Gasteiger partial charge in [0.05, 0.1) is 12.2 Å². The van der Waals surface area contributed by atoms with Gasteiger partial charge in [0.2, 0.25) is 11.0 Å². The van der Waals surface area contributed by atoms with Gasteiger partial charge in [-0.05, 0) is 30.2 Å². The van der Waals surface area contributed by atoms with Gasteiger partial charge in [-0.1, -0.05) is 42.0 Å². The summed E-state index contributed by atoms with van der Waals surface area (Å²) in [6.07, 6.45) is -3.64. The number of methoxy groups -OCH3 is 1. The van der Waals surface area contributed by atoms with Crippen LogP contribution in [0.25, 0.3) is 0 Å². The maximum Gasteiger partial charge on any atom is 0.416 e. The number of anilines is 1. The third-order valence-electron chi connectivity index (χ3n) is 5.13. The molecule has 2 aromatic carbocycles. The van der Waals surface area contributed by atoms with Gasteiger partial charge < -0.3 is 15.0 Å². The number of nitrogens with zero attached hydrogens (tertiary/aromatic N) is 3. The summed E-state index contributed by atoms with van der Waals surface area (Å²) in [5.74, 6) is 0.449. The number of hydrogen-bond acceptors (Lipinski definition) is 6. The highest BCUT2D eigenvalue weighted by Crippen LogP contribution is 2.29. The van der Waals surface area contributed by atoms with E-state index >= 15 is 0 Å². The summed E-state index contributed by atoms with van der Waals surface area (Å²) in [5, 5.41) is 3.39. The van der Waals surface area contributed by atoms with Crippen LogP contribution in [0, 0.1) is 6.92 Å². The quantitative estimate of drug-likeness (QED) is 0.423. The zero-order chi connectivity index (χ0) is 24.6. The number of aromatic nitrogens is 2. The van der Waals surface area contributed by atoms with Crippen LogP contribution in [-0.4, -0.2) is 42.1 Å². The van der Waals surface area contributed by atoms with Crippen LogP contribution in [0.4, 0.5) is 18.3 Å². The Morgan fingerprint density at radius 1 is 1.12 bits per heavy atom. The molecule has 10 heteroatoms. The van der Waals surface area contributed by atoms with E-state index in [1.54, 1.807) is 13.2 Å². The van der Waals surface area contributed by atoms with Crippen molar-refractivity contribution in [1.82, 2.24) is 14.7 Å². The molecule has 0 saturated heterocycles. The largest absolute Gasteiger partial charge is 0.416 e. The number of aryl methyl sites for hydroxylation is 1. The van der Waals surface area contributed by atoms with E-state index in [0.717, 1.165) is 17.7 Å². The van der Waals surface area contributed by atoms with E-state index in [0.29, 0.717) is 42.6 Å². The van der Waals surface area contributed by atoms with Gasteiger partial charge in [-0.15, -0.1) is 0 Å². The monoisotopic (exact) mass is 492 g/mol. The van der Waals surface area contributed by atoms with E-state index in [4.69, 9.17) is 4.74 Å². The predicted molar refractivity (Wildman–Crippen MR) is 126 cm³/mol. The summed E-state index contributed by atoms with van der Waals surface area (Å²) in [6.45, 7) is 3.44. The predicted octanol–water partition coefficient (Wildman–Crippen LogP) is 4.62. The van der Waals surface area contributed by atoms with Crippen molar-refractivity contribution in [3.8, 4) is 0 Å². The fourth-order valence-electron chi connectivity index (χ4n) is 3.22. The molecule has 0 atom stereocenters. The minimum Gasteiger partial charge on any atom is -0.383 e. The second-order valence-corrected chi connectivity index (χ2v) is 8.59. The molecule has 0 aliphatic heterocycles. The molecule has 0 saturated carbocycles. The highest BCUT2D eigenvalue weighted by atomic mass is 32.1. The Balaban J connectivity index is 1.55. The Hall–Kier alpha value is -2.98. The number of alkyl halides is 3. The Labute approximate surface area is 200 Å². The molecule has 1 N–H and O–H groups in total. The summed E-state index contributed by atoms with van der Waals surface area (Å²) < 4.78 is 48.2. The lowest BCUT2D eigenvalue weighted by Crippen LogP contribution is -2.32. The molecule has 0 aliphatic carbocycles. The lowest BCUT2D eigenvalue weighted by atomic mass is 10.1. The molecule has 0 spiro atoms. The lowest BCUT2D eigenvalue weighted by molar-refractivity contribution is -0.137. The van der Waals surface area contributed by atoms with Crippen molar-refractivity contribution in [3.63, 3.8) is 0 Å². The van der Waals surface area contributed by atoms with Gasteiger partial charge in [-0.2, -0.15) is 17.5 Å². The summed E-state index contributed by atoms with van der Waals surface area (Å²) in [4.78, 5) is 18.9. The van der Waals surface area contributed by atoms with Crippen molar-refractivity contribution < 1.29 is 22.7 Å². The average molecular weight is 493 g/mol. The zero-order valence-corrected chi connectivity index (χ0v) is 19.9. The summed E-state index contributed by atoms with van der Waals surface area (Å²) >= 11 is 1.27. The lowest BCUT2D eigenvalue weighted by Gasteiger charge is -2.20. The molecule has 1 aromatic heterocycles. The standard InChI is InChI=1S/C24H27F3N4O2S/c1-17-6-8-18(9-7-17)15-21-29-23(34-30-21)31(12-13-33-2)11-10-22(32)28-16-19-4-3-5-20(14-19)24(25,26)27/h3-9,14H,10-13,15-16H2,1-2H3,(H,28,32). The van der Waals surface area contributed by atoms with Crippen LogP contribution >= 0.6 is 11.5 Å². The molecule has 3 aromatic rings. The third kappa shape index (κ3) is 7.81. The number of halogens is 3. The van der Waals surface area contributed by atoms with Crippen molar-refractivity contribution >= 4 is 22.6 Å². The summed E-state index contributed by atoms with van der Waals surface area (Å²) in [7, 11) is 1.60. The number of carbonyl (C=O) groups is 1.